The average molecular weight is 391 g/mol. The minimum atomic E-state index is -2.98. The van der Waals surface area contributed by atoms with Crippen LogP contribution in [0.2, 0.25) is 0 Å². The Hall–Kier alpha value is -2.94. The van der Waals surface area contributed by atoms with Crippen molar-refractivity contribution < 1.29 is 22.7 Å². The first-order valence-electron chi connectivity index (χ1n) is 7.93. The van der Waals surface area contributed by atoms with Crippen molar-refractivity contribution in [2.75, 3.05) is 5.32 Å². The number of aromatic nitrogens is 2. The third-order valence-corrected chi connectivity index (χ3v) is 4.37. The van der Waals surface area contributed by atoms with Gasteiger partial charge in [-0.2, -0.15) is 8.78 Å². The van der Waals surface area contributed by atoms with E-state index in [0.29, 0.717) is 5.89 Å². The second-order valence-electron chi connectivity index (χ2n) is 5.36. The fraction of sp³-hybridized carbons (Fsp3) is 0.167. The van der Waals surface area contributed by atoms with Crippen LogP contribution in [-0.2, 0) is 4.79 Å². The number of nitrogens with zero attached hydrogens (tertiary/aromatic N) is 2. The molecule has 3 rings (SSSR count). The number of halogens is 2. The number of nitrogens with one attached hydrogen (secondary N) is 1. The molecule has 0 saturated heterocycles. The van der Waals surface area contributed by atoms with Crippen molar-refractivity contribution in [3.63, 3.8) is 0 Å². The lowest BCUT2D eigenvalue weighted by atomic mass is 10.2. The number of hydrogen-bond donors (Lipinski definition) is 1. The number of carbonyl (C=O) groups is 1. The van der Waals surface area contributed by atoms with E-state index < -0.39 is 17.8 Å². The first kappa shape index (κ1) is 18.8. The number of alkyl halides is 2. The SMILES string of the molecule is CC(Sc1nnc(-c2ccccc2)o1)C(=O)Nc1ccccc1OC(F)F. The molecule has 2 aromatic carbocycles. The quantitative estimate of drug-likeness (QED) is 0.600. The number of rotatable bonds is 7. The fourth-order valence-electron chi connectivity index (χ4n) is 2.16. The molecule has 1 atom stereocenters. The molecule has 0 saturated carbocycles. The van der Waals surface area contributed by atoms with Crippen LogP contribution in [0.1, 0.15) is 6.92 Å². The number of anilines is 1. The van der Waals surface area contributed by atoms with Crippen LogP contribution in [0.4, 0.5) is 14.5 Å². The summed E-state index contributed by atoms with van der Waals surface area (Å²) in [7, 11) is 0. The van der Waals surface area contributed by atoms with Crippen LogP contribution >= 0.6 is 11.8 Å². The zero-order valence-electron chi connectivity index (χ0n) is 14.1. The maximum atomic E-state index is 12.5. The smallest absolute Gasteiger partial charge is 0.387 e. The molecule has 1 aromatic heterocycles. The third kappa shape index (κ3) is 5.04. The molecule has 6 nitrogen and oxygen atoms in total. The zero-order valence-corrected chi connectivity index (χ0v) is 15.0. The zero-order chi connectivity index (χ0) is 19.2. The van der Waals surface area contributed by atoms with Gasteiger partial charge in [-0.05, 0) is 31.2 Å². The summed E-state index contributed by atoms with van der Waals surface area (Å²) < 4.78 is 34.9. The second kappa shape index (κ2) is 8.63. The first-order valence-corrected chi connectivity index (χ1v) is 8.81. The largest absolute Gasteiger partial charge is 0.433 e. The van der Waals surface area contributed by atoms with Crippen LogP contribution in [0, 0.1) is 0 Å². The summed E-state index contributed by atoms with van der Waals surface area (Å²) >= 11 is 1.06. The Bertz CT molecular complexity index is 906. The number of hydrogen-bond acceptors (Lipinski definition) is 6. The molecule has 1 amide bonds. The van der Waals surface area contributed by atoms with E-state index in [1.165, 1.54) is 18.2 Å². The molecule has 0 aliphatic rings. The highest BCUT2D eigenvalue weighted by Crippen LogP contribution is 2.29. The molecule has 0 bridgehead atoms. The number of benzene rings is 2. The normalized spacial score (nSPS) is 12.0. The molecule has 1 unspecified atom stereocenters. The molecule has 1 heterocycles. The van der Waals surface area contributed by atoms with E-state index in [9.17, 15) is 13.6 Å². The van der Waals surface area contributed by atoms with Crippen molar-refractivity contribution in [2.45, 2.75) is 24.0 Å². The molecular formula is C18H15F2N3O3S. The monoisotopic (exact) mass is 391 g/mol. The lowest BCUT2D eigenvalue weighted by Crippen LogP contribution is -2.23. The lowest BCUT2D eigenvalue weighted by molar-refractivity contribution is -0.115. The summed E-state index contributed by atoms with van der Waals surface area (Å²) in [5, 5.41) is 10.1. The van der Waals surface area contributed by atoms with Gasteiger partial charge in [0, 0.05) is 5.56 Å². The van der Waals surface area contributed by atoms with Gasteiger partial charge < -0.3 is 14.5 Å². The number of carbonyl (C=O) groups excluding carboxylic acids is 1. The molecule has 140 valence electrons. The summed E-state index contributed by atoms with van der Waals surface area (Å²) in [5.41, 5.74) is 0.929. The highest BCUT2D eigenvalue weighted by Gasteiger charge is 2.20. The van der Waals surface area contributed by atoms with Crippen LogP contribution in [0.3, 0.4) is 0 Å². The minimum absolute atomic E-state index is 0.109. The highest BCUT2D eigenvalue weighted by molar-refractivity contribution is 8.00. The van der Waals surface area contributed by atoms with Crippen molar-refractivity contribution in [2.24, 2.45) is 0 Å². The van der Waals surface area contributed by atoms with E-state index in [4.69, 9.17) is 4.42 Å². The molecular weight excluding hydrogens is 376 g/mol. The van der Waals surface area contributed by atoms with Crippen molar-refractivity contribution in [3.8, 4) is 17.2 Å². The fourth-order valence-corrected chi connectivity index (χ4v) is 2.85. The number of thioether (sulfide) groups is 1. The van der Waals surface area contributed by atoms with Gasteiger partial charge in [0.05, 0.1) is 10.9 Å². The first-order chi connectivity index (χ1) is 13.0. The van der Waals surface area contributed by atoms with Crippen LogP contribution < -0.4 is 10.1 Å². The Labute approximate surface area is 157 Å². The molecule has 3 aromatic rings. The predicted octanol–water partition coefficient (Wildman–Crippen LogP) is 4.46. The van der Waals surface area contributed by atoms with Crippen LogP contribution in [-0.4, -0.2) is 28.0 Å². The van der Waals surface area contributed by atoms with E-state index >= 15 is 0 Å². The Kier molecular flexibility index (Phi) is 6.02. The van der Waals surface area contributed by atoms with Gasteiger partial charge in [0.2, 0.25) is 11.8 Å². The van der Waals surface area contributed by atoms with Gasteiger partial charge >= 0.3 is 6.61 Å². The number of para-hydroxylation sites is 2. The second-order valence-corrected chi connectivity index (χ2v) is 6.66. The van der Waals surface area contributed by atoms with Gasteiger partial charge in [-0.1, -0.05) is 42.1 Å². The number of ether oxygens (including phenoxy) is 1. The molecule has 0 spiro atoms. The van der Waals surface area contributed by atoms with E-state index in [-0.39, 0.29) is 16.7 Å². The summed E-state index contributed by atoms with van der Waals surface area (Å²) in [4.78, 5) is 12.4. The predicted molar refractivity (Wildman–Crippen MR) is 96.8 cm³/mol. The standard InChI is InChI=1S/C18H15F2N3O3S/c1-11(15(24)21-13-9-5-6-10-14(13)25-17(19)20)27-18-23-22-16(26-18)12-7-3-2-4-8-12/h2-11,17H,1H3,(H,21,24). The van der Waals surface area contributed by atoms with Crippen LogP contribution in [0.15, 0.2) is 64.2 Å². The van der Waals surface area contributed by atoms with Crippen LogP contribution in [0.5, 0.6) is 5.75 Å². The van der Waals surface area contributed by atoms with Gasteiger partial charge in [0.25, 0.3) is 5.22 Å². The molecule has 0 aliphatic carbocycles. The Morgan fingerprint density at radius 2 is 1.81 bits per heavy atom. The summed E-state index contributed by atoms with van der Waals surface area (Å²) in [6.07, 6.45) is 0. The van der Waals surface area contributed by atoms with Crippen molar-refractivity contribution in [1.29, 1.82) is 0 Å². The molecule has 0 fully saturated rings. The molecule has 0 aliphatic heterocycles. The molecule has 0 radical (unpaired) electrons. The average Bonchev–Trinajstić information content (AvgIpc) is 3.12. The van der Waals surface area contributed by atoms with Gasteiger partial charge in [-0.25, -0.2) is 0 Å². The summed E-state index contributed by atoms with van der Waals surface area (Å²) in [5.74, 6) is -0.173. The van der Waals surface area contributed by atoms with Gasteiger partial charge in [0.1, 0.15) is 5.75 Å². The highest BCUT2D eigenvalue weighted by atomic mass is 32.2. The van der Waals surface area contributed by atoms with E-state index in [0.717, 1.165) is 17.3 Å². The van der Waals surface area contributed by atoms with Crippen molar-refractivity contribution in [3.05, 3.63) is 54.6 Å². The Morgan fingerprint density at radius 1 is 1.11 bits per heavy atom. The topological polar surface area (TPSA) is 77.2 Å². The molecule has 9 heteroatoms. The summed E-state index contributed by atoms with van der Waals surface area (Å²) in [6, 6.07) is 15.2. The maximum absolute atomic E-state index is 12.5. The molecule has 27 heavy (non-hydrogen) atoms. The van der Waals surface area contributed by atoms with Crippen molar-refractivity contribution >= 4 is 23.4 Å². The van der Waals surface area contributed by atoms with E-state index in [2.05, 4.69) is 20.3 Å². The van der Waals surface area contributed by atoms with Gasteiger partial charge in [-0.15, -0.1) is 10.2 Å². The van der Waals surface area contributed by atoms with Crippen LogP contribution in [0.25, 0.3) is 11.5 Å². The van der Waals surface area contributed by atoms with E-state index in [1.807, 2.05) is 30.3 Å². The maximum Gasteiger partial charge on any atom is 0.387 e. The minimum Gasteiger partial charge on any atom is -0.433 e. The lowest BCUT2D eigenvalue weighted by Gasteiger charge is -2.13. The Balaban J connectivity index is 1.64. The third-order valence-electron chi connectivity index (χ3n) is 3.44. The number of amides is 1. The van der Waals surface area contributed by atoms with Gasteiger partial charge in [-0.3, -0.25) is 4.79 Å². The summed E-state index contributed by atoms with van der Waals surface area (Å²) in [6.45, 7) is -1.34. The molecule has 1 N–H and O–H groups in total. The van der Waals surface area contributed by atoms with E-state index in [1.54, 1.807) is 13.0 Å². The Morgan fingerprint density at radius 3 is 2.56 bits per heavy atom. The van der Waals surface area contributed by atoms with Gasteiger partial charge in [0.15, 0.2) is 0 Å². The van der Waals surface area contributed by atoms with Crippen molar-refractivity contribution in [1.82, 2.24) is 10.2 Å².